The average molecular weight is 446 g/mol. The third-order valence-electron chi connectivity index (χ3n) is 5.10. The number of carboxylic acids is 1. The van der Waals surface area contributed by atoms with Gasteiger partial charge in [0.25, 0.3) is 0 Å². The van der Waals surface area contributed by atoms with Gasteiger partial charge in [0.15, 0.2) is 0 Å². The highest BCUT2D eigenvalue weighted by Gasteiger charge is 2.37. The van der Waals surface area contributed by atoms with Crippen LogP contribution in [0.15, 0.2) is 0 Å². The SMILES string of the molecule is CSCCC(N)C(=O)N1CCCC1C(=O)NC(C)C(=O)NC(CCCCN)C(=O)O. The summed E-state index contributed by atoms with van der Waals surface area (Å²) in [6.07, 6.45) is 5.14. The quantitative estimate of drug-likeness (QED) is 0.231. The van der Waals surface area contributed by atoms with Gasteiger partial charge in [-0.05, 0) is 64.0 Å². The summed E-state index contributed by atoms with van der Waals surface area (Å²) in [7, 11) is 0. The topological polar surface area (TPSA) is 168 Å². The average Bonchev–Trinajstić information content (AvgIpc) is 3.20. The van der Waals surface area contributed by atoms with Gasteiger partial charge in [0.05, 0.1) is 6.04 Å². The number of hydrogen-bond donors (Lipinski definition) is 5. The van der Waals surface area contributed by atoms with E-state index < -0.39 is 42.0 Å². The number of likely N-dealkylation sites (tertiary alicyclic amines) is 1. The lowest BCUT2D eigenvalue weighted by Crippen LogP contribution is -2.55. The number of nitrogens with two attached hydrogens (primary N) is 2. The number of rotatable bonds is 13. The lowest BCUT2D eigenvalue weighted by atomic mass is 10.1. The minimum atomic E-state index is -1.13. The molecule has 0 aromatic carbocycles. The zero-order valence-electron chi connectivity index (χ0n) is 17.8. The number of thioether (sulfide) groups is 1. The molecule has 0 bridgehead atoms. The second-order valence-electron chi connectivity index (χ2n) is 7.49. The van der Waals surface area contributed by atoms with Crippen LogP contribution in [0, 0.1) is 0 Å². The van der Waals surface area contributed by atoms with E-state index in [0.29, 0.717) is 45.2 Å². The second kappa shape index (κ2) is 13.5. The zero-order chi connectivity index (χ0) is 22.7. The Morgan fingerprint density at radius 1 is 1.20 bits per heavy atom. The lowest BCUT2D eigenvalue weighted by molar-refractivity contribution is -0.143. The van der Waals surface area contributed by atoms with E-state index in [4.69, 9.17) is 11.5 Å². The summed E-state index contributed by atoms with van der Waals surface area (Å²) in [6.45, 7) is 2.38. The highest BCUT2D eigenvalue weighted by atomic mass is 32.2. The number of carboxylic acid groups (broad SMARTS) is 1. The fourth-order valence-electron chi connectivity index (χ4n) is 3.31. The summed E-state index contributed by atoms with van der Waals surface area (Å²) >= 11 is 1.60. The first-order valence-electron chi connectivity index (χ1n) is 10.3. The van der Waals surface area contributed by atoms with Crippen molar-refractivity contribution in [2.75, 3.05) is 25.1 Å². The molecule has 0 aliphatic carbocycles. The molecule has 0 radical (unpaired) electrons. The molecular formula is C19H35N5O5S. The maximum Gasteiger partial charge on any atom is 0.326 e. The molecule has 0 aromatic rings. The van der Waals surface area contributed by atoms with Gasteiger partial charge in [-0.15, -0.1) is 0 Å². The molecule has 1 aliphatic rings. The van der Waals surface area contributed by atoms with Gasteiger partial charge in [-0.2, -0.15) is 11.8 Å². The fourth-order valence-corrected chi connectivity index (χ4v) is 3.80. The molecule has 0 saturated carbocycles. The summed E-state index contributed by atoms with van der Waals surface area (Å²) in [5.41, 5.74) is 11.4. The Bertz CT molecular complexity index is 606. The van der Waals surface area contributed by atoms with Crippen LogP contribution in [-0.4, -0.2) is 83.0 Å². The normalized spacial score (nSPS) is 19.1. The first-order chi connectivity index (χ1) is 14.2. The first-order valence-corrected chi connectivity index (χ1v) is 11.7. The van der Waals surface area contributed by atoms with Crippen LogP contribution in [-0.2, 0) is 19.2 Å². The van der Waals surface area contributed by atoms with Crippen molar-refractivity contribution in [2.45, 2.75) is 69.6 Å². The Kier molecular flexibility index (Phi) is 11.7. The van der Waals surface area contributed by atoms with Crippen LogP contribution >= 0.6 is 11.8 Å². The number of carbonyl (C=O) groups is 4. The number of nitrogens with zero attached hydrogens (tertiary/aromatic N) is 1. The van der Waals surface area contributed by atoms with Gasteiger partial charge >= 0.3 is 5.97 Å². The standard InChI is InChI=1S/C19H35N5O5S/c1-12(16(25)23-14(19(28)29)6-3-4-9-20)22-17(26)15-7-5-10-24(15)18(27)13(21)8-11-30-2/h12-15H,3-11,20-21H2,1-2H3,(H,22,26)(H,23,25)(H,28,29). The Morgan fingerprint density at radius 2 is 1.90 bits per heavy atom. The summed E-state index contributed by atoms with van der Waals surface area (Å²) < 4.78 is 0. The van der Waals surface area contributed by atoms with Crippen molar-refractivity contribution in [1.29, 1.82) is 0 Å². The molecule has 30 heavy (non-hydrogen) atoms. The zero-order valence-corrected chi connectivity index (χ0v) is 18.6. The molecule has 1 fully saturated rings. The van der Waals surface area contributed by atoms with Crippen molar-refractivity contribution in [1.82, 2.24) is 15.5 Å². The van der Waals surface area contributed by atoms with E-state index in [1.807, 2.05) is 6.26 Å². The summed E-state index contributed by atoms with van der Waals surface area (Å²) in [5, 5.41) is 14.3. The molecule has 11 heteroatoms. The van der Waals surface area contributed by atoms with Crippen LogP contribution in [0.5, 0.6) is 0 Å². The number of unbranched alkanes of at least 4 members (excludes halogenated alkanes) is 1. The maximum atomic E-state index is 12.7. The molecule has 7 N–H and O–H groups in total. The van der Waals surface area contributed by atoms with E-state index in [9.17, 15) is 24.3 Å². The molecule has 0 spiro atoms. The molecule has 1 saturated heterocycles. The Balaban J connectivity index is 2.63. The monoisotopic (exact) mass is 445 g/mol. The van der Waals surface area contributed by atoms with E-state index in [1.165, 1.54) is 11.8 Å². The summed E-state index contributed by atoms with van der Waals surface area (Å²) in [5.74, 6) is -1.66. The number of aliphatic carboxylic acids is 1. The second-order valence-corrected chi connectivity index (χ2v) is 8.48. The van der Waals surface area contributed by atoms with Crippen LogP contribution in [0.4, 0.5) is 0 Å². The Labute approximate surface area is 181 Å². The van der Waals surface area contributed by atoms with Crippen molar-refractivity contribution in [3.8, 4) is 0 Å². The Hall–Kier alpha value is -1.85. The molecule has 4 unspecified atom stereocenters. The largest absolute Gasteiger partial charge is 0.480 e. The van der Waals surface area contributed by atoms with Crippen LogP contribution in [0.2, 0.25) is 0 Å². The molecule has 3 amide bonds. The molecule has 1 aliphatic heterocycles. The molecule has 1 rings (SSSR count). The first kappa shape index (κ1) is 26.2. The highest BCUT2D eigenvalue weighted by molar-refractivity contribution is 7.98. The van der Waals surface area contributed by atoms with Crippen LogP contribution in [0.25, 0.3) is 0 Å². The van der Waals surface area contributed by atoms with Gasteiger partial charge in [0, 0.05) is 6.54 Å². The minimum absolute atomic E-state index is 0.260. The number of hydrogen-bond acceptors (Lipinski definition) is 7. The molecule has 0 aromatic heterocycles. The van der Waals surface area contributed by atoms with Crippen LogP contribution < -0.4 is 22.1 Å². The van der Waals surface area contributed by atoms with Crippen LogP contribution in [0.3, 0.4) is 0 Å². The third kappa shape index (κ3) is 8.11. The number of nitrogens with one attached hydrogen (secondary N) is 2. The van der Waals surface area contributed by atoms with Crippen molar-refractivity contribution in [3.05, 3.63) is 0 Å². The summed E-state index contributed by atoms with van der Waals surface area (Å²) in [6, 6.07) is -3.30. The predicted octanol–water partition coefficient (Wildman–Crippen LogP) is -0.739. The molecule has 10 nitrogen and oxygen atoms in total. The van der Waals surface area contributed by atoms with Crippen LogP contribution in [0.1, 0.15) is 45.4 Å². The van der Waals surface area contributed by atoms with Crippen molar-refractivity contribution in [3.63, 3.8) is 0 Å². The van der Waals surface area contributed by atoms with Gasteiger partial charge < -0.3 is 32.1 Å². The van der Waals surface area contributed by atoms with E-state index in [-0.39, 0.29) is 12.3 Å². The third-order valence-corrected chi connectivity index (χ3v) is 5.75. The van der Waals surface area contributed by atoms with Gasteiger partial charge in [-0.1, -0.05) is 0 Å². The smallest absolute Gasteiger partial charge is 0.326 e. The lowest BCUT2D eigenvalue weighted by Gasteiger charge is -2.28. The highest BCUT2D eigenvalue weighted by Crippen LogP contribution is 2.19. The van der Waals surface area contributed by atoms with E-state index >= 15 is 0 Å². The van der Waals surface area contributed by atoms with Crippen molar-refractivity contribution < 1.29 is 24.3 Å². The number of amides is 3. The maximum absolute atomic E-state index is 12.7. The van der Waals surface area contributed by atoms with Gasteiger partial charge in [-0.3, -0.25) is 14.4 Å². The van der Waals surface area contributed by atoms with E-state index in [1.54, 1.807) is 11.8 Å². The van der Waals surface area contributed by atoms with E-state index in [2.05, 4.69) is 10.6 Å². The van der Waals surface area contributed by atoms with Gasteiger partial charge in [0.1, 0.15) is 18.1 Å². The van der Waals surface area contributed by atoms with Crippen molar-refractivity contribution >= 4 is 35.5 Å². The van der Waals surface area contributed by atoms with Crippen molar-refractivity contribution in [2.24, 2.45) is 11.5 Å². The summed E-state index contributed by atoms with van der Waals surface area (Å²) in [4.78, 5) is 50.5. The molecule has 172 valence electrons. The van der Waals surface area contributed by atoms with E-state index in [0.717, 1.165) is 5.75 Å². The molecule has 4 atom stereocenters. The number of carbonyl (C=O) groups excluding carboxylic acids is 3. The van der Waals surface area contributed by atoms with Gasteiger partial charge in [0.2, 0.25) is 17.7 Å². The fraction of sp³-hybridized carbons (Fsp3) is 0.789. The Morgan fingerprint density at radius 3 is 2.50 bits per heavy atom. The minimum Gasteiger partial charge on any atom is -0.480 e. The van der Waals surface area contributed by atoms with Gasteiger partial charge in [-0.25, -0.2) is 4.79 Å². The molecule has 1 heterocycles. The molecular weight excluding hydrogens is 410 g/mol. The predicted molar refractivity (Wildman–Crippen MR) is 116 cm³/mol.